The highest BCUT2D eigenvalue weighted by Gasteiger charge is 2.04. The summed E-state index contributed by atoms with van der Waals surface area (Å²) in [4.78, 5) is 4.62. The maximum absolute atomic E-state index is 4.62. The fourth-order valence-corrected chi connectivity index (χ4v) is 1.85. The molecule has 0 saturated carbocycles. The number of aryl methyl sites for hydroxylation is 2. The molecule has 0 bridgehead atoms. The van der Waals surface area contributed by atoms with Crippen molar-refractivity contribution in [3.8, 4) is 5.82 Å². The van der Waals surface area contributed by atoms with Crippen molar-refractivity contribution in [1.29, 1.82) is 0 Å². The molecule has 0 aliphatic rings. The molecule has 0 radical (unpaired) electrons. The van der Waals surface area contributed by atoms with Crippen LogP contribution in [0.4, 0.5) is 0 Å². The van der Waals surface area contributed by atoms with Gasteiger partial charge in [-0.25, -0.2) is 9.67 Å². The summed E-state index contributed by atoms with van der Waals surface area (Å²) >= 11 is 0. The molecule has 0 unspecified atom stereocenters. The van der Waals surface area contributed by atoms with Gasteiger partial charge in [0.15, 0.2) is 5.82 Å². The van der Waals surface area contributed by atoms with E-state index in [1.54, 1.807) is 0 Å². The third-order valence-corrected chi connectivity index (χ3v) is 2.82. The van der Waals surface area contributed by atoms with Gasteiger partial charge in [0.2, 0.25) is 0 Å². The molecule has 0 fully saturated rings. The van der Waals surface area contributed by atoms with Gasteiger partial charge < -0.3 is 5.32 Å². The molecule has 2 aromatic rings. The maximum atomic E-state index is 4.62. The first-order valence-electron chi connectivity index (χ1n) is 6.46. The fourth-order valence-electron chi connectivity index (χ4n) is 1.85. The van der Waals surface area contributed by atoms with Gasteiger partial charge >= 0.3 is 0 Å². The Kier molecular flexibility index (Phi) is 4.10. The third kappa shape index (κ3) is 2.96. The third-order valence-electron chi connectivity index (χ3n) is 2.82. The normalized spacial score (nSPS) is 10.8. The van der Waals surface area contributed by atoms with Crippen molar-refractivity contribution in [2.45, 2.75) is 33.7 Å². The summed E-state index contributed by atoms with van der Waals surface area (Å²) in [7, 11) is 0. The first-order valence-corrected chi connectivity index (χ1v) is 6.46. The van der Waals surface area contributed by atoms with E-state index >= 15 is 0 Å². The lowest BCUT2D eigenvalue weighted by atomic mass is 10.2. The van der Waals surface area contributed by atoms with Crippen LogP contribution in [0.25, 0.3) is 5.82 Å². The predicted octanol–water partition coefficient (Wildman–Crippen LogP) is 2.25. The average Bonchev–Trinajstić information content (AvgIpc) is 2.82. The molecule has 0 aliphatic carbocycles. The lowest BCUT2D eigenvalue weighted by Crippen LogP contribution is -2.13. The number of hydrogen-bond donors (Lipinski definition) is 1. The Hall–Kier alpha value is -1.68. The van der Waals surface area contributed by atoms with Gasteiger partial charge in [-0.1, -0.05) is 13.8 Å². The molecule has 2 aromatic heterocycles. The number of nitrogens with one attached hydrogen (secondary N) is 1. The van der Waals surface area contributed by atoms with Crippen LogP contribution in [-0.4, -0.2) is 21.3 Å². The molecule has 0 saturated heterocycles. The molecular weight excluding hydrogens is 224 g/mol. The molecule has 2 heterocycles. The van der Waals surface area contributed by atoms with Crippen molar-refractivity contribution in [3.05, 3.63) is 41.3 Å². The lowest BCUT2D eigenvalue weighted by molar-refractivity contribution is 0.720. The second-order valence-corrected chi connectivity index (χ2v) is 4.36. The van der Waals surface area contributed by atoms with Gasteiger partial charge in [0.25, 0.3) is 0 Å². The van der Waals surface area contributed by atoms with Gasteiger partial charge in [-0.15, -0.1) is 0 Å². The molecule has 2 rings (SSSR count). The zero-order chi connectivity index (χ0) is 13.0. The van der Waals surface area contributed by atoms with Gasteiger partial charge in [-0.3, -0.25) is 0 Å². The average molecular weight is 244 g/mol. The Bertz CT molecular complexity index is 516. The molecule has 96 valence electrons. The van der Waals surface area contributed by atoms with Crippen LogP contribution in [0.5, 0.6) is 0 Å². The van der Waals surface area contributed by atoms with E-state index in [9.17, 15) is 0 Å². The second kappa shape index (κ2) is 5.78. The molecular formula is C14H20N4. The molecule has 0 amide bonds. The Balaban J connectivity index is 2.34. The summed E-state index contributed by atoms with van der Waals surface area (Å²) in [5, 5.41) is 7.75. The zero-order valence-corrected chi connectivity index (χ0v) is 11.3. The molecule has 4 nitrogen and oxygen atoms in total. The maximum Gasteiger partial charge on any atom is 0.153 e. The molecule has 0 atom stereocenters. The summed E-state index contributed by atoms with van der Waals surface area (Å²) in [5.41, 5.74) is 3.37. The van der Waals surface area contributed by atoms with Crippen molar-refractivity contribution >= 4 is 0 Å². The number of pyridine rings is 1. The lowest BCUT2D eigenvalue weighted by Gasteiger charge is -2.08. The first kappa shape index (κ1) is 12.8. The monoisotopic (exact) mass is 244 g/mol. The van der Waals surface area contributed by atoms with Crippen LogP contribution in [0.3, 0.4) is 0 Å². The summed E-state index contributed by atoms with van der Waals surface area (Å²) in [6.07, 6.45) is 2.89. The van der Waals surface area contributed by atoms with Crippen molar-refractivity contribution in [2.75, 3.05) is 6.54 Å². The van der Waals surface area contributed by atoms with Crippen LogP contribution in [0.2, 0.25) is 0 Å². The second-order valence-electron chi connectivity index (χ2n) is 4.36. The van der Waals surface area contributed by atoms with E-state index in [1.165, 1.54) is 5.56 Å². The molecule has 0 aromatic carbocycles. The summed E-state index contributed by atoms with van der Waals surface area (Å²) < 4.78 is 1.84. The van der Waals surface area contributed by atoms with Gasteiger partial charge in [-0.2, -0.15) is 5.10 Å². The van der Waals surface area contributed by atoms with Crippen molar-refractivity contribution < 1.29 is 0 Å². The summed E-state index contributed by atoms with van der Waals surface area (Å²) in [5.74, 6) is 0.898. The Morgan fingerprint density at radius 3 is 2.72 bits per heavy atom. The summed E-state index contributed by atoms with van der Waals surface area (Å²) in [6.45, 7) is 8.07. The summed E-state index contributed by atoms with van der Waals surface area (Å²) in [6, 6.07) is 6.24. The van der Waals surface area contributed by atoms with Crippen molar-refractivity contribution in [3.63, 3.8) is 0 Å². The van der Waals surface area contributed by atoms with Crippen molar-refractivity contribution in [2.24, 2.45) is 0 Å². The minimum Gasteiger partial charge on any atom is -0.313 e. The topological polar surface area (TPSA) is 42.7 Å². The highest BCUT2D eigenvalue weighted by molar-refractivity contribution is 5.31. The first-order chi connectivity index (χ1) is 8.72. The minimum absolute atomic E-state index is 0.874. The van der Waals surface area contributed by atoms with E-state index in [0.29, 0.717) is 0 Å². The number of aromatic nitrogens is 3. The Morgan fingerprint density at radius 2 is 2.11 bits per heavy atom. The van der Waals surface area contributed by atoms with Gasteiger partial charge in [0.1, 0.15) is 0 Å². The quantitative estimate of drug-likeness (QED) is 0.877. The van der Waals surface area contributed by atoms with E-state index in [0.717, 1.165) is 36.7 Å². The van der Waals surface area contributed by atoms with Gasteiger partial charge in [-0.05, 0) is 43.7 Å². The SMILES string of the molecule is CCNCc1cc(CC)nc(-n2ccc(C)n2)c1. The van der Waals surface area contributed by atoms with Crippen LogP contribution in [0, 0.1) is 6.92 Å². The number of rotatable bonds is 5. The highest BCUT2D eigenvalue weighted by Crippen LogP contribution is 2.11. The minimum atomic E-state index is 0.874. The molecule has 0 spiro atoms. The molecule has 18 heavy (non-hydrogen) atoms. The molecule has 0 aliphatic heterocycles. The van der Waals surface area contributed by atoms with E-state index in [2.05, 4.69) is 41.4 Å². The standard InChI is InChI=1S/C14H20N4/c1-4-13-8-12(10-15-5-2)9-14(16-13)18-7-6-11(3)17-18/h6-9,15H,4-5,10H2,1-3H3. The van der Waals surface area contributed by atoms with Gasteiger partial charge in [0, 0.05) is 18.4 Å². The highest BCUT2D eigenvalue weighted by atomic mass is 15.3. The predicted molar refractivity (Wildman–Crippen MR) is 72.9 cm³/mol. The van der Waals surface area contributed by atoms with E-state index in [1.807, 2.05) is 23.9 Å². The Morgan fingerprint density at radius 1 is 1.28 bits per heavy atom. The smallest absolute Gasteiger partial charge is 0.153 e. The van der Waals surface area contributed by atoms with Crippen LogP contribution >= 0.6 is 0 Å². The van der Waals surface area contributed by atoms with E-state index in [4.69, 9.17) is 0 Å². The molecule has 4 heteroatoms. The van der Waals surface area contributed by atoms with Crippen LogP contribution in [-0.2, 0) is 13.0 Å². The van der Waals surface area contributed by atoms with Crippen molar-refractivity contribution in [1.82, 2.24) is 20.1 Å². The molecule has 1 N–H and O–H groups in total. The Labute approximate surface area is 108 Å². The number of hydrogen-bond acceptors (Lipinski definition) is 3. The van der Waals surface area contributed by atoms with Gasteiger partial charge in [0.05, 0.1) is 5.69 Å². The van der Waals surface area contributed by atoms with Crippen LogP contribution < -0.4 is 5.32 Å². The van der Waals surface area contributed by atoms with Crippen LogP contribution in [0.15, 0.2) is 24.4 Å². The largest absolute Gasteiger partial charge is 0.313 e. The number of nitrogens with zero attached hydrogens (tertiary/aromatic N) is 3. The van der Waals surface area contributed by atoms with E-state index in [-0.39, 0.29) is 0 Å². The fraction of sp³-hybridized carbons (Fsp3) is 0.429. The van der Waals surface area contributed by atoms with Crippen LogP contribution in [0.1, 0.15) is 30.8 Å². The zero-order valence-electron chi connectivity index (χ0n) is 11.3. The van der Waals surface area contributed by atoms with E-state index < -0.39 is 0 Å².